The van der Waals surface area contributed by atoms with Crippen molar-refractivity contribution in [1.29, 1.82) is 5.41 Å². The summed E-state index contributed by atoms with van der Waals surface area (Å²) in [5.41, 5.74) is 0.921. The number of nitrogens with one attached hydrogen (secondary N) is 2. The van der Waals surface area contributed by atoms with Crippen LogP contribution in [-0.2, 0) is 4.79 Å². The zero-order valence-corrected chi connectivity index (χ0v) is 9.53. The molecule has 1 aromatic rings. The highest BCUT2D eigenvalue weighted by atomic mass is 16.3. The summed E-state index contributed by atoms with van der Waals surface area (Å²) in [4.78, 5) is 11.1. The van der Waals surface area contributed by atoms with Crippen molar-refractivity contribution in [1.82, 2.24) is 5.32 Å². The van der Waals surface area contributed by atoms with Gasteiger partial charge in [-0.3, -0.25) is 10.2 Å². The van der Waals surface area contributed by atoms with E-state index in [9.17, 15) is 9.90 Å². The molecule has 5 heteroatoms. The van der Waals surface area contributed by atoms with Gasteiger partial charge in [0.2, 0.25) is 0 Å². The molecule has 0 bridgehead atoms. The minimum absolute atomic E-state index is 0.0517. The molecule has 0 aliphatic rings. The molecule has 0 saturated carbocycles. The van der Waals surface area contributed by atoms with Gasteiger partial charge in [0.05, 0.1) is 0 Å². The van der Waals surface area contributed by atoms with E-state index in [1.807, 2.05) is 6.92 Å². The van der Waals surface area contributed by atoms with Crippen LogP contribution in [0.1, 0.15) is 11.1 Å². The van der Waals surface area contributed by atoms with E-state index in [-0.39, 0.29) is 17.0 Å². The van der Waals surface area contributed by atoms with E-state index in [0.717, 1.165) is 12.7 Å². The van der Waals surface area contributed by atoms with Crippen molar-refractivity contribution in [3.63, 3.8) is 0 Å². The first-order valence-corrected chi connectivity index (χ1v) is 4.61. The van der Waals surface area contributed by atoms with Gasteiger partial charge in [-0.05, 0) is 19.1 Å². The SMILES string of the molecule is CNC(=O)C(=N)c1cc(C)ccc1O.CO. The lowest BCUT2D eigenvalue weighted by Crippen LogP contribution is -2.27. The smallest absolute Gasteiger partial charge is 0.269 e. The third kappa shape index (κ3) is 3.36. The Balaban J connectivity index is 0.00000106. The van der Waals surface area contributed by atoms with Gasteiger partial charge in [-0.2, -0.15) is 0 Å². The van der Waals surface area contributed by atoms with Crippen molar-refractivity contribution in [2.24, 2.45) is 0 Å². The number of phenols is 1. The zero-order valence-electron chi connectivity index (χ0n) is 9.53. The fourth-order valence-corrected chi connectivity index (χ4v) is 1.10. The number of phenolic OH excluding ortho intramolecular Hbond substituents is 1. The lowest BCUT2D eigenvalue weighted by Gasteiger charge is -2.05. The molecule has 0 unspecified atom stereocenters. The van der Waals surface area contributed by atoms with Gasteiger partial charge >= 0.3 is 0 Å². The highest BCUT2D eigenvalue weighted by Gasteiger charge is 2.13. The van der Waals surface area contributed by atoms with Crippen molar-refractivity contribution in [3.8, 4) is 5.75 Å². The maximum Gasteiger partial charge on any atom is 0.269 e. The summed E-state index contributed by atoms with van der Waals surface area (Å²) < 4.78 is 0. The lowest BCUT2D eigenvalue weighted by atomic mass is 10.1. The van der Waals surface area contributed by atoms with Gasteiger partial charge < -0.3 is 15.5 Å². The molecule has 5 nitrogen and oxygen atoms in total. The number of benzene rings is 1. The molecule has 16 heavy (non-hydrogen) atoms. The number of hydrogen-bond donors (Lipinski definition) is 4. The molecule has 0 aromatic heterocycles. The molecule has 0 atom stereocenters. The summed E-state index contributed by atoms with van der Waals surface area (Å²) in [5.74, 6) is -0.560. The number of likely N-dealkylation sites (N-methyl/N-ethyl adjacent to an activating group) is 1. The number of aryl methyl sites for hydroxylation is 1. The summed E-state index contributed by atoms with van der Waals surface area (Å²) in [6.45, 7) is 1.83. The van der Waals surface area contributed by atoms with Crippen LogP contribution < -0.4 is 5.32 Å². The van der Waals surface area contributed by atoms with Gasteiger partial charge in [-0.15, -0.1) is 0 Å². The van der Waals surface area contributed by atoms with E-state index in [4.69, 9.17) is 10.5 Å². The molecule has 1 amide bonds. The Hall–Kier alpha value is -1.88. The minimum atomic E-state index is -0.508. The van der Waals surface area contributed by atoms with Crippen molar-refractivity contribution < 1.29 is 15.0 Å². The molecule has 0 heterocycles. The topological polar surface area (TPSA) is 93.4 Å². The zero-order chi connectivity index (χ0) is 12.7. The largest absolute Gasteiger partial charge is 0.507 e. The Morgan fingerprint density at radius 1 is 1.38 bits per heavy atom. The number of carbonyl (C=O) groups is 1. The number of aromatic hydroxyl groups is 1. The standard InChI is InChI=1S/C10H12N2O2.CH4O/c1-6-3-4-8(13)7(5-6)9(11)10(14)12-2;1-2/h3-5,11,13H,1-2H3,(H,12,14);2H,1H3. The van der Waals surface area contributed by atoms with Crippen LogP contribution in [0.25, 0.3) is 0 Å². The summed E-state index contributed by atoms with van der Waals surface area (Å²) in [6.07, 6.45) is 0. The molecule has 4 N–H and O–H groups in total. The second kappa shape index (κ2) is 6.58. The molecule has 0 radical (unpaired) electrons. The fourth-order valence-electron chi connectivity index (χ4n) is 1.10. The van der Waals surface area contributed by atoms with E-state index in [0.29, 0.717) is 0 Å². The number of hydrogen-bond acceptors (Lipinski definition) is 4. The van der Waals surface area contributed by atoms with Crippen LogP contribution in [0.3, 0.4) is 0 Å². The Morgan fingerprint density at radius 2 is 1.94 bits per heavy atom. The minimum Gasteiger partial charge on any atom is -0.507 e. The van der Waals surface area contributed by atoms with E-state index in [2.05, 4.69) is 5.32 Å². The van der Waals surface area contributed by atoms with Gasteiger partial charge in [0.25, 0.3) is 5.91 Å². The first kappa shape index (κ1) is 14.1. The quantitative estimate of drug-likeness (QED) is 0.548. The molecule has 1 aromatic carbocycles. The molecule has 0 fully saturated rings. The summed E-state index contributed by atoms with van der Waals surface area (Å²) in [7, 11) is 2.45. The second-order valence-corrected chi connectivity index (χ2v) is 2.97. The maximum absolute atomic E-state index is 11.1. The third-order valence-corrected chi connectivity index (χ3v) is 1.88. The van der Waals surface area contributed by atoms with E-state index in [1.165, 1.54) is 13.1 Å². The Kier molecular flexibility index (Phi) is 5.80. The Bertz CT molecular complexity index is 389. The average molecular weight is 224 g/mol. The van der Waals surface area contributed by atoms with Gasteiger partial charge in [0.15, 0.2) is 0 Å². The summed E-state index contributed by atoms with van der Waals surface area (Å²) in [5, 5.41) is 26.3. The van der Waals surface area contributed by atoms with Crippen LogP contribution >= 0.6 is 0 Å². The van der Waals surface area contributed by atoms with Crippen molar-refractivity contribution in [2.75, 3.05) is 14.2 Å². The maximum atomic E-state index is 11.1. The highest BCUT2D eigenvalue weighted by molar-refractivity contribution is 6.44. The predicted molar refractivity (Wildman–Crippen MR) is 61.9 cm³/mol. The predicted octanol–water partition coefficient (Wildman–Crippen LogP) is 0.423. The lowest BCUT2D eigenvalue weighted by molar-refractivity contribution is -0.114. The first-order valence-electron chi connectivity index (χ1n) is 4.61. The molecule has 0 spiro atoms. The third-order valence-electron chi connectivity index (χ3n) is 1.88. The summed E-state index contributed by atoms with van der Waals surface area (Å²) >= 11 is 0. The van der Waals surface area contributed by atoms with Crippen molar-refractivity contribution >= 4 is 11.6 Å². The number of rotatable bonds is 2. The molecule has 88 valence electrons. The molecular weight excluding hydrogens is 208 g/mol. The van der Waals surface area contributed by atoms with E-state index < -0.39 is 5.91 Å². The van der Waals surface area contributed by atoms with Gasteiger partial charge in [-0.25, -0.2) is 0 Å². The molecule has 0 aliphatic heterocycles. The van der Waals surface area contributed by atoms with Crippen LogP contribution in [-0.4, -0.2) is 36.0 Å². The van der Waals surface area contributed by atoms with Gasteiger partial charge in [-0.1, -0.05) is 11.6 Å². The average Bonchev–Trinajstić information content (AvgIpc) is 2.33. The fraction of sp³-hybridized carbons (Fsp3) is 0.273. The Morgan fingerprint density at radius 3 is 2.44 bits per heavy atom. The van der Waals surface area contributed by atoms with Gasteiger partial charge in [0.1, 0.15) is 11.5 Å². The summed E-state index contributed by atoms with van der Waals surface area (Å²) in [6, 6.07) is 4.80. The Labute approximate surface area is 94.2 Å². The number of carbonyl (C=O) groups excluding carboxylic acids is 1. The highest BCUT2D eigenvalue weighted by Crippen LogP contribution is 2.18. The van der Waals surface area contributed by atoms with Gasteiger partial charge in [0, 0.05) is 19.7 Å². The molecule has 0 saturated heterocycles. The van der Waals surface area contributed by atoms with Crippen LogP contribution in [0.15, 0.2) is 18.2 Å². The number of aliphatic hydroxyl groups excluding tert-OH is 1. The van der Waals surface area contributed by atoms with Crippen molar-refractivity contribution in [3.05, 3.63) is 29.3 Å². The molecular formula is C11H16N2O3. The first-order chi connectivity index (χ1) is 7.56. The van der Waals surface area contributed by atoms with Crippen LogP contribution in [0.2, 0.25) is 0 Å². The van der Waals surface area contributed by atoms with Crippen LogP contribution in [0.4, 0.5) is 0 Å². The van der Waals surface area contributed by atoms with E-state index >= 15 is 0 Å². The second-order valence-electron chi connectivity index (χ2n) is 2.97. The number of aliphatic hydroxyl groups is 1. The van der Waals surface area contributed by atoms with E-state index in [1.54, 1.807) is 12.1 Å². The van der Waals surface area contributed by atoms with Crippen LogP contribution in [0, 0.1) is 12.3 Å². The monoisotopic (exact) mass is 224 g/mol. The molecule has 0 aliphatic carbocycles. The molecule has 1 rings (SSSR count). The normalized spacial score (nSPS) is 8.75. The van der Waals surface area contributed by atoms with Crippen LogP contribution in [0.5, 0.6) is 5.75 Å². The number of amides is 1. The van der Waals surface area contributed by atoms with Crippen molar-refractivity contribution in [2.45, 2.75) is 6.92 Å².